The van der Waals surface area contributed by atoms with Crippen LogP contribution in [0.4, 0.5) is 5.69 Å². The fourth-order valence-electron chi connectivity index (χ4n) is 3.58. The van der Waals surface area contributed by atoms with E-state index in [1.807, 2.05) is 50.1 Å². The molecule has 2 aromatic carbocycles. The number of nitrogens with zero attached hydrogens (tertiary/aromatic N) is 1. The first kappa shape index (κ1) is 22.8. The molecular formula is C23H22Cl2N2O4. The van der Waals surface area contributed by atoms with E-state index >= 15 is 0 Å². The van der Waals surface area contributed by atoms with E-state index in [0.717, 1.165) is 16.9 Å². The molecule has 0 spiro atoms. The van der Waals surface area contributed by atoms with Gasteiger partial charge in [0.15, 0.2) is 12.4 Å². The maximum atomic E-state index is 12.4. The zero-order valence-electron chi connectivity index (χ0n) is 17.4. The van der Waals surface area contributed by atoms with Crippen molar-refractivity contribution in [3.63, 3.8) is 0 Å². The molecule has 8 heteroatoms. The number of hydrogen-bond acceptors (Lipinski definition) is 5. The molecule has 162 valence electrons. The number of ether oxygens (including phenoxy) is 1. The van der Waals surface area contributed by atoms with Gasteiger partial charge in [-0.25, -0.2) is 0 Å². The second-order valence-corrected chi connectivity index (χ2v) is 8.51. The van der Waals surface area contributed by atoms with Gasteiger partial charge in [0.25, 0.3) is 5.91 Å². The van der Waals surface area contributed by atoms with Crippen molar-refractivity contribution in [3.8, 4) is 0 Å². The lowest BCUT2D eigenvalue weighted by molar-refractivity contribution is -0.145. The van der Waals surface area contributed by atoms with E-state index in [1.54, 1.807) is 0 Å². The number of ketones is 1. The van der Waals surface area contributed by atoms with Crippen LogP contribution < -0.4 is 10.2 Å². The molecule has 1 aliphatic rings. The van der Waals surface area contributed by atoms with Crippen LogP contribution in [-0.2, 0) is 19.7 Å². The van der Waals surface area contributed by atoms with E-state index in [9.17, 15) is 14.4 Å². The molecule has 3 rings (SSSR count). The molecule has 0 unspecified atom stereocenters. The van der Waals surface area contributed by atoms with E-state index < -0.39 is 25.0 Å². The number of allylic oxidation sites excluding steroid dienone is 1. The quantitative estimate of drug-likeness (QED) is 0.517. The SMILES string of the molecule is CN1C(=CC(=O)COC(=O)CNC(=O)c2ccc(Cl)cc2Cl)C(C)(C)c2ccccc21. The van der Waals surface area contributed by atoms with Crippen LogP contribution in [0, 0.1) is 0 Å². The van der Waals surface area contributed by atoms with Gasteiger partial charge in [-0.3, -0.25) is 14.4 Å². The van der Waals surface area contributed by atoms with Crippen LogP contribution >= 0.6 is 23.2 Å². The van der Waals surface area contributed by atoms with Crippen LogP contribution in [0.15, 0.2) is 54.2 Å². The summed E-state index contributed by atoms with van der Waals surface area (Å²) in [4.78, 5) is 38.5. The predicted octanol–water partition coefficient (Wildman–Crippen LogP) is 4.15. The van der Waals surface area contributed by atoms with Gasteiger partial charge >= 0.3 is 5.97 Å². The van der Waals surface area contributed by atoms with Crippen LogP contribution in [0.2, 0.25) is 10.0 Å². The van der Waals surface area contributed by atoms with Crippen molar-refractivity contribution in [2.24, 2.45) is 0 Å². The molecule has 0 saturated heterocycles. The van der Waals surface area contributed by atoms with Crippen LogP contribution in [0.3, 0.4) is 0 Å². The third kappa shape index (κ3) is 4.92. The van der Waals surface area contributed by atoms with Crippen molar-refractivity contribution < 1.29 is 19.1 Å². The molecule has 0 radical (unpaired) electrons. The topological polar surface area (TPSA) is 75.7 Å². The number of benzene rings is 2. The van der Waals surface area contributed by atoms with Crippen molar-refractivity contribution in [1.29, 1.82) is 0 Å². The van der Waals surface area contributed by atoms with Crippen molar-refractivity contribution in [1.82, 2.24) is 5.32 Å². The zero-order valence-corrected chi connectivity index (χ0v) is 18.9. The van der Waals surface area contributed by atoms with Crippen molar-refractivity contribution in [2.75, 3.05) is 25.1 Å². The maximum Gasteiger partial charge on any atom is 0.325 e. The summed E-state index contributed by atoms with van der Waals surface area (Å²) in [6, 6.07) is 12.4. The highest BCUT2D eigenvalue weighted by atomic mass is 35.5. The standard InChI is InChI=1S/C23H22Cl2N2O4/c1-23(2)17-6-4-5-7-19(17)27(3)20(23)11-15(28)13-31-21(29)12-26-22(30)16-9-8-14(24)10-18(16)25/h4-11H,12-13H2,1-3H3,(H,26,30). The van der Waals surface area contributed by atoms with Crippen LogP contribution in [0.5, 0.6) is 0 Å². The first-order valence-electron chi connectivity index (χ1n) is 9.58. The highest BCUT2D eigenvalue weighted by Gasteiger charge is 2.38. The molecule has 0 aliphatic carbocycles. The van der Waals surface area contributed by atoms with Gasteiger partial charge in [0.05, 0.1) is 10.6 Å². The first-order chi connectivity index (χ1) is 14.6. The van der Waals surface area contributed by atoms with Gasteiger partial charge in [-0.1, -0.05) is 55.2 Å². The summed E-state index contributed by atoms with van der Waals surface area (Å²) >= 11 is 11.8. The monoisotopic (exact) mass is 460 g/mol. The minimum Gasteiger partial charge on any atom is -0.456 e. The van der Waals surface area contributed by atoms with Crippen molar-refractivity contribution >= 4 is 46.5 Å². The third-order valence-electron chi connectivity index (χ3n) is 5.18. The Morgan fingerprint density at radius 3 is 2.52 bits per heavy atom. The lowest BCUT2D eigenvalue weighted by atomic mass is 9.83. The Bertz CT molecular complexity index is 1080. The first-order valence-corrected chi connectivity index (χ1v) is 10.3. The van der Waals surface area contributed by atoms with Gasteiger partial charge in [-0.2, -0.15) is 0 Å². The lowest BCUT2D eigenvalue weighted by Crippen LogP contribution is -2.31. The van der Waals surface area contributed by atoms with Gasteiger partial charge in [0.1, 0.15) is 6.54 Å². The summed E-state index contributed by atoms with van der Waals surface area (Å²) < 4.78 is 5.01. The molecule has 0 saturated carbocycles. The number of para-hydroxylation sites is 1. The molecule has 2 aromatic rings. The number of hydrogen-bond donors (Lipinski definition) is 1. The van der Waals surface area contributed by atoms with E-state index in [0.29, 0.717) is 5.02 Å². The highest BCUT2D eigenvalue weighted by molar-refractivity contribution is 6.36. The normalized spacial score (nSPS) is 15.5. The summed E-state index contributed by atoms with van der Waals surface area (Å²) in [5.74, 6) is -1.62. The average Bonchev–Trinajstić information content (AvgIpc) is 2.91. The van der Waals surface area contributed by atoms with Crippen molar-refractivity contribution in [3.05, 3.63) is 75.4 Å². The second-order valence-electron chi connectivity index (χ2n) is 7.66. The summed E-state index contributed by atoms with van der Waals surface area (Å²) in [6.45, 7) is 3.27. The average molecular weight is 461 g/mol. The summed E-state index contributed by atoms with van der Waals surface area (Å²) in [5.41, 5.74) is 2.81. The number of rotatable bonds is 6. The molecule has 0 fully saturated rings. The number of esters is 1. The van der Waals surface area contributed by atoms with E-state index in [4.69, 9.17) is 27.9 Å². The summed E-state index contributed by atoms with van der Waals surface area (Å²) in [7, 11) is 1.90. The molecular weight excluding hydrogens is 439 g/mol. The minimum absolute atomic E-state index is 0.171. The lowest BCUT2D eigenvalue weighted by Gasteiger charge is -2.23. The molecule has 1 N–H and O–H groups in total. The molecule has 31 heavy (non-hydrogen) atoms. The Balaban J connectivity index is 1.55. The molecule has 1 amide bonds. The van der Waals surface area contributed by atoms with Crippen LogP contribution in [-0.4, -0.2) is 37.9 Å². The smallest absolute Gasteiger partial charge is 0.325 e. The number of anilines is 1. The Kier molecular flexibility index (Phi) is 6.72. The molecule has 0 atom stereocenters. The number of nitrogens with one attached hydrogen (secondary N) is 1. The van der Waals surface area contributed by atoms with Gasteiger partial charge in [0, 0.05) is 34.9 Å². The Morgan fingerprint density at radius 2 is 1.84 bits per heavy atom. The van der Waals surface area contributed by atoms with E-state index in [1.165, 1.54) is 24.3 Å². The van der Waals surface area contributed by atoms with Crippen molar-refractivity contribution in [2.45, 2.75) is 19.3 Å². The molecule has 6 nitrogen and oxygen atoms in total. The van der Waals surface area contributed by atoms with Crippen LogP contribution in [0.1, 0.15) is 29.8 Å². The Labute approximate surface area is 190 Å². The molecule has 0 aromatic heterocycles. The minimum atomic E-state index is -0.729. The predicted molar refractivity (Wildman–Crippen MR) is 121 cm³/mol. The number of amides is 1. The number of fused-ring (bicyclic) bond motifs is 1. The van der Waals surface area contributed by atoms with Gasteiger partial charge < -0.3 is 15.0 Å². The van der Waals surface area contributed by atoms with Gasteiger partial charge in [-0.05, 0) is 29.8 Å². The third-order valence-corrected chi connectivity index (χ3v) is 5.73. The Morgan fingerprint density at radius 1 is 1.13 bits per heavy atom. The zero-order chi connectivity index (χ0) is 22.8. The largest absolute Gasteiger partial charge is 0.456 e. The van der Waals surface area contributed by atoms with Gasteiger partial charge in [-0.15, -0.1) is 0 Å². The number of halogens is 2. The molecule has 1 heterocycles. The van der Waals surface area contributed by atoms with Gasteiger partial charge in [0.2, 0.25) is 0 Å². The highest BCUT2D eigenvalue weighted by Crippen LogP contribution is 2.46. The Hall–Kier alpha value is -2.83. The number of carbonyl (C=O) groups excluding carboxylic acids is 3. The number of likely N-dealkylation sites (N-methyl/N-ethyl adjacent to an activating group) is 1. The van der Waals surface area contributed by atoms with E-state index in [-0.39, 0.29) is 21.8 Å². The molecule has 0 bridgehead atoms. The summed E-state index contributed by atoms with van der Waals surface area (Å²) in [5, 5.41) is 2.98. The second kappa shape index (κ2) is 9.12. The fraction of sp³-hybridized carbons (Fsp3) is 0.261. The molecule has 1 aliphatic heterocycles. The fourth-order valence-corrected chi connectivity index (χ4v) is 4.07. The maximum absolute atomic E-state index is 12.4. The van der Waals surface area contributed by atoms with Crippen LogP contribution in [0.25, 0.3) is 0 Å². The van der Waals surface area contributed by atoms with E-state index in [2.05, 4.69) is 5.32 Å². The number of carbonyl (C=O) groups is 3. The summed E-state index contributed by atoms with van der Waals surface area (Å²) in [6.07, 6.45) is 1.50.